The summed E-state index contributed by atoms with van der Waals surface area (Å²) in [5.74, 6) is 0. The molecule has 0 unspecified atom stereocenters. The quantitative estimate of drug-likeness (QED) is 0.554. The van der Waals surface area contributed by atoms with Crippen LogP contribution in [-0.4, -0.2) is 19.8 Å². The van der Waals surface area contributed by atoms with Crippen LogP contribution in [0.15, 0.2) is 24.3 Å². The van der Waals surface area contributed by atoms with Crippen LogP contribution in [0.4, 0.5) is 0 Å². The highest BCUT2D eigenvalue weighted by molar-refractivity contribution is 7.78. The summed E-state index contributed by atoms with van der Waals surface area (Å²) in [6.45, 7) is 4.38. The van der Waals surface area contributed by atoms with Crippen LogP contribution in [-0.2, 0) is 11.2 Å². The molecule has 78 valence electrons. The molecule has 0 aliphatic carbocycles. The van der Waals surface area contributed by atoms with Gasteiger partial charge in [-0.25, -0.2) is 0 Å². The fraction of sp³-hybridized carbons (Fsp3) is 0.455. The Labute approximate surface area is 91.2 Å². The monoisotopic (exact) mass is 211 g/mol. The second-order valence-corrected chi connectivity index (χ2v) is 3.57. The first-order chi connectivity index (χ1) is 6.83. The van der Waals surface area contributed by atoms with E-state index in [9.17, 15) is 0 Å². The van der Waals surface area contributed by atoms with Crippen molar-refractivity contribution in [2.45, 2.75) is 13.3 Å². The Balaban J connectivity index is 2.15. The minimum Gasteiger partial charge on any atom is -0.380 e. The summed E-state index contributed by atoms with van der Waals surface area (Å²) in [5, 5.41) is 0. The van der Waals surface area contributed by atoms with Gasteiger partial charge in [-0.05, 0) is 18.9 Å². The van der Waals surface area contributed by atoms with Crippen LogP contribution < -0.4 is 4.72 Å². The van der Waals surface area contributed by atoms with Gasteiger partial charge in [-0.2, -0.15) is 0 Å². The summed E-state index contributed by atoms with van der Waals surface area (Å²) in [6, 6.07) is 8.56. The predicted molar refractivity (Wildman–Crippen MR) is 62.7 cm³/mol. The van der Waals surface area contributed by atoms with Gasteiger partial charge in [0, 0.05) is 6.54 Å². The molecule has 0 aliphatic heterocycles. The predicted octanol–water partition coefficient (Wildman–Crippen LogP) is 1.99. The SMILES string of the molecule is Cc1ccc(CCOCCNS)cc1. The minimum atomic E-state index is 0.718. The average molecular weight is 211 g/mol. The first-order valence-electron chi connectivity index (χ1n) is 4.83. The van der Waals surface area contributed by atoms with Crippen molar-refractivity contribution in [2.75, 3.05) is 19.8 Å². The molecule has 1 N–H and O–H groups in total. The van der Waals surface area contributed by atoms with Crippen LogP contribution in [0.25, 0.3) is 0 Å². The zero-order valence-electron chi connectivity index (χ0n) is 8.49. The molecule has 0 bridgehead atoms. The average Bonchev–Trinajstić information content (AvgIpc) is 2.21. The van der Waals surface area contributed by atoms with Crippen LogP contribution in [0.2, 0.25) is 0 Å². The fourth-order valence-corrected chi connectivity index (χ4v) is 1.26. The summed E-state index contributed by atoms with van der Waals surface area (Å²) >= 11 is 3.87. The lowest BCUT2D eigenvalue weighted by Gasteiger charge is -2.03. The molecular weight excluding hydrogens is 194 g/mol. The Morgan fingerprint density at radius 1 is 1.21 bits per heavy atom. The first kappa shape index (κ1) is 11.6. The van der Waals surface area contributed by atoms with Crippen molar-refractivity contribution >= 4 is 12.8 Å². The number of ether oxygens (including phenoxy) is 1. The lowest BCUT2D eigenvalue weighted by molar-refractivity contribution is 0.143. The van der Waals surface area contributed by atoms with Gasteiger partial charge in [0.25, 0.3) is 0 Å². The molecule has 3 heteroatoms. The number of aryl methyl sites for hydroxylation is 1. The molecule has 0 fully saturated rings. The van der Waals surface area contributed by atoms with Gasteiger partial charge in [-0.1, -0.05) is 42.6 Å². The fourth-order valence-electron chi connectivity index (χ4n) is 1.16. The van der Waals surface area contributed by atoms with E-state index >= 15 is 0 Å². The lowest BCUT2D eigenvalue weighted by Crippen LogP contribution is -2.11. The molecule has 0 spiro atoms. The number of nitrogens with one attached hydrogen (secondary N) is 1. The van der Waals surface area contributed by atoms with Gasteiger partial charge in [-0.3, -0.25) is 4.72 Å². The van der Waals surface area contributed by atoms with Gasteiger partial charge in [0.15, 0.2) is 0 Å². The number of benzene rings is 1. The molecule has 0 saturated heterocycles. The normalized spacial score (nSPS) is 10.4. The van der Waals surface area contributed by atoms with Gasteiger partial charge in [0.05, 0.1) is 13.2 Å². The standard InChI is InChI=1S/C11H17NOS/c1-10-2-4-11(5-3-10)6-8-13-9-7-12-14/h2-5,12,14H,6-9H2,1H3. The van der Waals surface area contributed by atoms with Crippen LogP contribution in [0.1, 0.15) is 11.1 Å². The second kappa shape index (κ2) is 6.87. The summed E-state index contributed by atoms with van der Waals surface area (Å²) < 4.78 is 8.14. The zero-order chi connectivity index (χ0) is 10.2. The number of hydrogen-bond donors (Lipinski definition) is 2. The maximum absolute atomic E-state index is 5.40. The zero-order valence-corrected chi connectivity index (χ0v) is 9.39. The molecule has 0 saturated carbocycles. The molecular formula is C11H17NOS. The minimum absolute atomic E-state index is 0.718. The second-order valence-electron chi connectivity index (χ2n) is 3.26. The Morgan fingerprint density at radius 3 is 2.57 bits per heavy atom. The summed E-state index contributed by atoms with van der Waals surface area (Å²) in [5.41, 5.74) is 2.63. The van der Waals surface area contributed by atoms with Gasteiger partial charge < -0.3 is 4.74 Å². The molecule has 1 aromatic rings. The van der Waals surface area contributed by atoms with Crippen molar-refractivity contribution < 1.29 is 4.74 Å². The molecule has 1 aromatic carbocycles. The summed E-state index contributed by atoms with van der Waals surface area (Å²) in [7, 11) is 0. The van der Waals surface area contributed by atoms with Crippen molar-refractivity contribution in [3.05, 3.63) is 35.4 Å². The Bertz CT molecular complexity index is 248. The molecule has 0 radical (unpaired) electrons. The van der Waals surface area contributed by atoms with Gasteiger partial charge >= 0.3 is 0 Å². The first-order valence-corrected chi connectivity index (χ1v) is 5.28. The Hall–Kier alpha value is -0.510. The molecule has 2 nitrogen and oxygen atoms in total. The highest BCUT2D eigenvalue weighted by Gasteiger charge is 1.92. The lowest BCUT2D eigenvalue weighted by atomic mass is 10.1. The molecule has 0 heterocycles. The van der Waals surface area contributed by atoms with E-state index in [0.29, 0.717) is 0 Å². The number of thiol groups is 1. The Morgan fingerprint density at radius 2 is 1.93 bits per heavy atom. The van der Waals surface area contributed by atoms with E-state index in [2.05, 4.69) is 48.7 Å². The van der Waals surface area contributed by atoms with Crippen LogP contribution in [0, 0.1) is 6.92 Å². The highest BCUT2D eigenvalue weighted by Crippen LogP contribution is 2.03. The maximum Gasteiger partial charge on any atom is 0.0600 e. The van der Waals surface area contributed by atoms with E-state index in [-0.39, 0.29) is 0 Å². The van der Waals surface area contributed by atoms with Crippen molar-refractivity contribution in [3.63, 3.8) is 0 Å². The number of rotatable bonds is 6. The number of hydrogen-bond acceptors (Lipinski definition) is 3. The van der Waals surface area contributed by atoms with E-state index in [1.54, 1.807) is 0 Å². The van der Waals surface area contributed by atoms with Crippen molar-refractivity contribution in [1.82, 2.24) is 4.72 Å². The van der Waals surface area contributed by atoms with E-state index in [1.165, 1.54) is 11.1 Å². The van der Waals surface area contributed by atoms with Crippen LogP contribution in [0.3, 0.4) is 0 Å². The topological polar surface area (TPSA) is 21.3 Å². The third-order valence-electron chi connectivity index (χ3n) is 2.01. The van der Waals surface area contributed by atoms with Crippen molar-refractivity contribution in [2.24, 2.45) is 0 Å². The van der Waals surface area contributed by atoms with Crippen LogP contribution >= 0.6 is 12.8 Å². The molecule has 14 heavy (non-hydrogen) atoms. The van der Waals surface area contributed by atoms with E-state index in [0.717, 1.165) is 26.2 Å². The molecule has 1 rings (SSSR count). The molecule has 0 amide bonds. The smallest absolute Gasteiger partial charge is 0.0600 e. The highest BCUT2D eigenvalue weighted by atomic mass is 32.1. The van der Waals surface area contributed by atoms with Crippen molar-refractivity contribution in [1.29, 1.82) is 0 Å². The van der Waals surface area contributed by atoms with E-state index < -0.39 is 0 Å². The molecule has 0 atom stereocenters. The largest absolute Gasteiger partial charge is 0.380 e. The maximum atomic E-state index is 5.40. The van der Waals surface area contributed by atoms with Crippen molar-refractivity contribution in [3.8, 4) is 0 Å². The molecule has 0 aliphatic rings. The van der Waals surface area contributed by atoms with Crippen LogP contribution in [0.5, 0.6) is 0 Å². The van der Waals surface area contributed by atoms with Gasteiger partial charge in [-0.15, -0.1) is 0 Å². The molecule has 0 aromatic heterocycles. The van der Waals surface area contributed by atoms with E-state index in [1.807, 2.05) is 0 Å². The van der Waals surface area contributed by atoms with Gasteiger partial charge in [0.1, 0.15) is 0 Å². The summed E-state index contributed by atoms with van der Waals surface area (Å²) in [4.78, 5) is 0. The Kier molecular flexibility index (Phi) is 5.68. The van der Waals surface area contributed by atoms with E-state index in [4.69, 9.17) is 4.74 Å². The summed E-state index contributed by atoms with van der Waals surface area (Å²) in [6.07, 6.45) is 0.979. The third kappa shape index (κ3) is 4.65. The van der Waals surface area contributed by atoms with Gasteiger partial charge in [0.2, 0.25) is 0 Å². The third-order valence-corrected chi connectivity index (χ3v) is 2.24.